The van der Waals surface area contributed by atoms with E-state index in [1.165, 1.54) is 74.0 Å². The van der Waals surface area contributed by atoms with Crippen LogP contribution in [0.25, 0.3) is 62.6 Å². The number of hydrogen-bond donors (Lipinski definition) is 0. The zero-order valence-corrected chi connectivity index (χ0v) is 27.9. The molecule has 10 rings (SSSR count). The summed E-state index contributed by atoms with van der Waals surface area (Å²) in [5, 5.41) is 5.38. The topological polar surface area (TPSA) is 6.48 Å². The monoisotopic (exact) mass is 652 g/mol. The van der Waals surface area contributed by atoms with Crippen LogP contribution in [0.2, 0.25) is 0 Å². The van der Waals surface area contributed by atoms with E-state index in [1.54, 1.807) is 0 Å². The molecule has 0 saturated carbocycles. The maximum Gasteiger partial charge on any atom is 0.0716 e. The van der Waals surface area contributed by atoms with Gasteiger partial charge >= 0.3 is 0 Å². The number of fused-ring (bicyclic) bond motifs is 7. The summed E-state index contributed by atoms with van der Waals surface area (Å²) in [5.41, 5.74) is 7.76. The van der Waals surface area contributed by atoms with Gasteiger partial charge in [-0.2, -0.15) is 0 Å². The van der Waals surface area contributed by atoms with Crippen molar-refractivity contribution in [3.05, 3.63) is 158 Å². The molecule has 4 heteroatoms. The van der Waals surface area contributed by atoms with Crippen molar-refractivity contribution in [3.8, 4) is 22.3 Å². The highest BCUT2D eigenvalue weighted by molar-refractivity contribution is 7.26. The van der Waals surface area contributed by atoms with E-state index in [4.69, 9.17) is 0 Å². The number of rotatable bonds is 4. The van der Waals surface area contributed by atoms with Crippen LogP contribution in [0.4, 0.5) is 11.4 Å². The van der Waals surface area contributed by atoms with E-state index in [2.05, 4.69) is 168 Å². The third-order valence-corrected chi connectivity index (χ3v) is 12.6. The van der Waals surface area contributed by atoms with Crippen LogP contribution in [0.15, 0.2) is 158 Å². The molecule has 2 aromatic heterocycles. The molecule has 230 valence electrons. The van der Waals surface area contributed by atoms with Crippen LogP contribution in [0.5, 0.6) is 0 Å². The second-order valence-electron chi connectivity index (χ2n) is 12.8. The lowest BCUT2D eigenvalue weighted by atomic mass is 9.94. The Morgan fingerprint density at radius 1 is 0.438 bits per heavy atom. The molecule has 1 aliphatic carbocycles. The average molecular weight is 653 g/mol. The Bertz CT molecular complexity index is 2390. The van der Waals surface area contributed by atoms with Crippen molar-refractivity contribution >= 4 is 74.4 Å². The lowest BCUT2D eigenvalue weighted by molar-refractivity contribution is 0.514. The largest absolute Gasteiger partial charge is 0.361 e. The molecule has 2 aliphatic rings. The Kier molecular flexibility index (Phi) is 6.53. The van der Waals surface area contributed by atoms with Crippen LogP contribution in [-0.2, 0) is 0 Å². The van der Waals surface area contributed by atoms with Crippen molar-refractivity contribution in [1.82, 2.24) is 0 Å². The summed E-state index contributed by atoms with van der Waals surface area (Å²) in [7, 11) is 0. The van der Waals surface area contributed by atoms with Crippen LogP contribution in [-0.4, -0.2) is 25.2 Å². The van der Waals surface area contributed by atoms with Gasteiger partial charge in [0.1, 0.15) is 0 Å². The highest BCUT2D eigenvalue weighted by Crippen LogP contribution is 2.43. The first-order chi connectivity index (χ1) is 23.8. The molecule has 3 heterocycles. The van der Waals surface area contributed by atoms with Crippen LogP contribution in [0.1, 0.15) is 0 Å². The molecule has 8 aromatic rings. The molecule has 2 atom stereocenters. The second kappa shape index (κ2) is 11.2. The summed E-state index contributed by atoms with van der Waals surface area (Å²) in [4.78, 5) is 5.22. The Morgan fingerprint density at radius 3 is 1.38 bits per heavy atom. The maximum absolute atomic E-state index is 2.61. The number of benzene rings is 6. The van der Waals surface area contributed by atoms with Gasteiger partial charge in [0.15, 0.2) is 0 Å². The zero-order chi connectivity index (χ0) is 31.6. The Hall–Kier alpha value is -5.16. The van der Waals surface area contributed by atoms with Gasteiger partial charge in [0.2, 0.25) is 0 Å². The molecule has 1 saturated heterocycles. The molecule has 48 heavy (non-hydrogen) atoms. The van der Waals surface area contributed by atoms with Gasteiger partial charge in [0.25, 0.3) is 0 Å². The molecule has 0 bridgehead atoms. The molecular weight excluding hydrogens is 621 g/mol. The lowest BCUT2D eigenvalue weighted by Crippen LogP contribution is -2.59. The van der Waals surface area contributed by atoms with Crippen molar-refractivity contribution < 1.29 is 0 Å². The van der Waals surface area contributed by atoms with Crippen molar-refractivity contribution in [3.63, 3.8) is 0 Å². The summed E-state index contributed by atoms with van der Waals surface area (Å²) in [6.07, 6.45) is 9.21. The maximum atomic E-state index is 2.61. The molecule has 6 aromatic carbocycles. The normalized spacial score (nSPS) is 17.6. The standard InChI is InChI=1S/C44H32N2S2/c1-5-23-41-35(15-1)37-19-9-17-33(43(37)47-41)29-11-7-13-31(27-29)45-25-26-46(40-22-4-3-21-39(40)45)32-14-8-12-30(28-32)34-18-10-20-38-36-16-2-6-24-42(36)48-44(34)38/h1-24,27-28,39-40H,25-26H2. The van der Waals surface area contributed by atoms with Crippen molar-refractivity contribution in [2.45, 2.75) is 12.1 Å². The third-order valence-electron chi connectivity index (χ3n) is 10.2. The zero-order valence-electron chi connectivity index (χ0n) is 26.3. The minimum atomic E-state index is 0.244. The summed E-state index contributed by atoms with van der Waals surface area (Å²) < 4.78 is 5.42. The molecule has 0 N–H and O–H groups in total. The predicted octanol–water partition coefficient (Wildman–Crippen LogP) is 11.9. The summed E-state index contributed by atoms with van der Waals surface area (Å²) in [6.45, 7) is 1.90. The summed E-state index contributed by atoms with van der Waals surface area (Å²) in [6, 6.07) is 50.0. The first-order valence-electron chi connectivity index (χ1n) is 16.7. The van der Waals surface area contributed by atoms with E-state index in [1.807, 2.05) is 22.7 Å². The summed E-state index contributed by atoms with van der Waals surface area (Å²) in [5.74, 6) is 0. The third kappa shape index (κ3) is 4.44. The summed E-state index contributed by atoms with van der Waals surface area (Å²) >= 11 is 3.80. The first kappa shape index (κ1) is 27.9. The second-order valence-corrected chi connectivity index (χ2v) is 14.9. The van der Waals surface area contributed by atoms with E-state index in [0.29, 0.717) is 0 Å². The Balaban J connectivity index is 0.993. The highest BCUT2D eigenvalue weighted by Gasteiger charge is 2.35. The fraction of sp³-hybridized carbons (Fsp3) is 0.0909. The van der Waals surface area contributed by atoms with E-state index in [-0.39, 0.29) is 12.1 Å². The minimum Gasteiger partial charge on any atom is -0.361 e. The van der Waals surface area contributed by atoms with E-state index >= 15 is 0 Å². The van der Waals surface area contributed by atoms with Crippen LogP contribution < -0.4 is 9.80 Å². The Labute approximate surface area is 288 Å². The molecule has 2 unspecified atom stereocenters. The number of thiophene rings is 2. The first-order valence-corrected chi connectivity index (χ1v) is 18.3. The van der Waals surface area contributed by atoms with Gasteiger partial charge in [0.05, 0.1) is 12.1 Å². The molecule has 2 nitrogen and oxygen atoms in total. The molecule has 0 amide bonds. The highest BCUT2D eigenvalue weighted by atomic mass is 32.1. The minimum absolute atomic E-state index is 0.244. The molecule has 1 fully saturated rings. The van der Waals surface area contributed by atoms with Crippen LogP contribution >= 0.6 is 22.7 Å². The van der Waals surface area contributed by atoms with Crippen molar-refractivity contribution in [2.24, 2.45) is 0 Å². The molecule has 0 radical (unpaired) electrons. The number of anilines is 2. The van der Waals surface area contributed by atoms with Gasteiger partial charge in [-0.15, -0.1) is 22.7 Å². The number of hydrogen-bond acceptors (Lipinski definition) is 4. The molecular formula is C44H32N2S2. The fourth-order valence-electron chi connectivity index (χ4n) is 7.93. The van der Waals surface area contributed by atoms with E-state index in [9.17, 15) is 0 Å². The van der Waals surface area contributed by atoms with E-state index in [0.717, 1.165) is 13.1 Å². The van der Waals surface area contributed by atoms with Crippen LogP contribution in [0.3, 0.4) is 0 Å². The number of piperazine rings is 1. The quantitative estimate of drug-likeness (QED) is 0.187. The van der Waals surface area contributed by atoms with Gasteiger partial charge in [-0.3, -0.25) is 0 Å². The van der Waals surface area contributed by atoms with Gasteiger partial charge < -0.3 is 9.80 Å². The average Bonchev–Trinajstić information content (AvgIpc) is 3.73. The smallest absolute Gasteiger partial charge is 0.0716 e. The number of nitrogens with zero attached hydrogens (tertiary/aromatic N) is 2. The van der Waals surface area contributed by atoms with Gasteiger partial charge in [-0.05, 0) is 58.7 Å². The predicted molar refractivity (Wildman–Crippen MR) is 210 cm³/mol. The number of allylic oxidation sites excluding steroid dienone is 2. The van der Waals surface area contributed by atoms with Crippen LogP contribution in [0, 0.1) is 0 Å². The molecule has 1 aliphatic heterocycles. The van der Waals surface area contributed by atoms with Gasteiger partial charge in [0, 0.05) is 64.8 Å². The van der Waals surface area contributed by atoms with Gasteiger partial charge in [-0.25, -0.2) is 0 Å². The fourth-order valence-corrected chi connectivity index (χ4v) is 10.4. The van der Waals surface area contributed by atoms with Crippen molar-refractivity contribution in [1.29, 1.82) is 0 Å². The molecule has 0 spiro atoms. The van der Waals surface area contributed by atoms with E-state index < -0.39 is 0 Å². The SMILES string of the molecule is C1=CC2C(C=C1)N(c1cccc(-c3cccc4c3sc3ccccc34)c1)CCN2c1cccc(-c2cccc3c2sc2ccccc23)c1. The van der Waals surface area contributed by atoms with Crippen molar-refractivity contribution in [2.75, 3.05) is 22.9 Å². The Morgan fingerprint density at radius 2 is 0.875 bits per heavy atom. The van der Waals surface area contributed by atoms with Gasteiger partial charge in [-0.1, -0.05) is 121 Å². The lowest BCUT2D eigenvalue weighted by Gasteiger charge is -2.48.